The first-order valence-electron chi connectivity index (χ1n) is 8.06. The van der Waals surface area contributed by atoms with E-state index in [1.807, 2.05) is 0 Å². The highest BCUT2D eigenvalue weighted by Crippen LogP contribution is 2.42. The van der Waals surface area contributed by atoms with Crippen LogP contribution in [0.3, 0.4) is 0 Å². The van der Waals surface area contributed by atoms with Crippen LogP contribution in [0.25, 0.3) is 0 Å². The molecular formula is C16H35NOSSi. The van der Waals surface area contributed by atoms with Crippen molar-refractivity contribution in [2.75, 3.05) is 18.8 Å². The molecule has 0 aromatic carbocycles. The Bertz CT molecular complexity index is 292. The summed E-state index contributed by atoms with van der Waals surface area (Å²) in [5, 5.41) is 4.61. The van der Waals surface area contributed by atoms with Crippen LogP contribution in [0, 0.1) is 0 Å². The average Bonchev–Trinajstić information content (AvgIpc) is 2.26. The lowest BCUT2D eigenvalue weighted by Gasteiger charge is -2.44. The molecule has 1 unspecified atom stereocenters. The SMILES string of the molecule is CC(C)(C)O[Si](C)(CCSC1CCNCC1)C(C)(C)C. The molecule has 1 N–H and O–H groups in total. The van der Waals surface area contributed by atoms with E-state index in [-0.39, 0.29) is 5.60 Å². The van der Waals surface area contributed by atoms with Crippen LogP contribution in [0.5, 0.6) is 0 Å². The fraction of sp³-hybridized carbons (Fsp3) is 1.00. The van der Waals surface area contributed by atoms with Crippen molar-refractivity contribution in [2.45, 2.75) is 82.9 Å². The number of hydrogen-bond donors (Lipinski definition) is 1. The molecule has 20 heavy (non-hydrogen) atoms. The topological polar surface area (TPSA) is 21.3 Å². The van der Waals surface area contributed by atoms with Gasteiger partial charge in [-0.15, -0.1) is 0 Å². The third kappa shape index (κ3) is 6.08. The number of hydrogen-bond acceptors (Lipinski definition) is 3. The minimum Gasteiger partial charge on any atom is -0.412 e. The summed E-state index contributed by atoms with van der Waals surface area (Å²) >= 11 is 2.18. The first kappa shape index (κ1) is 18.5. The van der Waals surface area contributed by atoms with E-state index in [4.69, 9.17) is 4.43 Å². The van der Waals surface area contributed by atoms with E-state index in [1.165, 1.54) is 37.7 Å². The van der Waals surface area contributed by atoms with Gasteiger partial charge in [0.05, 0.1) is 0 Å². The summed E-state index contributed by atoms with van der Waals surface area (Å²) in [5.41, 5.74) is -0.0202. The third-order valence-electron chi connectivity index (χ3n) is 4.34. The summed E-state index contributed by atoms with van der Waals surface area (Å²) < 4.78 is 6.59. The van der Waals surface area contributed by atoms with Crippen LogP contribution in [0.2, 0.25) is 17.6 Å². The Kier molecular flexibility index (Phi) is 6.64. The Morgan fingerprint density at radius 1 is 1.10 bits per heavy atom. The van der Waals surface area contributed by atoms with Gasteiger partial charge in [0.2, 0.25) is 0 Å². The first-order valence-corrected chi connectivity index (χ1v) is 11.7. The van der Waals surface area contributed by atoms with Crippen LogP contribution in [-0.2, 0) is 4.43 Å². The summed E-state index contributed by atoms with van der Waals surface area (Å²) in [7, 11) is -1.71. The first-order chi connectivity index (χ1) is 9.04. The van der Waals surface area contributed by atoms with E-state index in [0.29, 0.717) is 5.04 Å². The molecule has 0 radical (unpaired) electrons. The van der Waals surface area contributed by atoms with Gasteiger partial charge < -0.3 is 9.74 Å². The highest BCUT2D eigenvalue weighted by Gasteiger charge is 2.44. The minimum atomic E-state index is -1.71. The van der Waals surface area contributed by atoms with Gasteiger partial charge in [-0.2, -0.15) is 11.8 Å². The van der Waals surface area contributed by atoms with Crippen molar-refractivity contribution >= 4 is 20.1 Å². The van der Waals surface area contributed by atoms with Gasteiger partial charge in [0.25, 0.3) is 0 Å². The molecule has 1 atom stereocenters. The van der Waals surface area contributed by atoms with Crippen molar-refractivity contribution < 1.29 is 4.43 Å². The Morgan fingerprint density at radius 2 is 1.65 bits per heavy atom. The molecule has 0 saturated carbocycles. The molecule has 0 spiro atoms. The Balaban J connectivity index is 2.52. The lowest BCUT2D eigenvalue weighted by Crippen LogP contribution is -2.49. The standard InChI is InChI=1S/C16H35NOSSi/c1-15(2,3)18-20(7,16(4,5)6)13-12-19-14-8-10-17-11-9-14/h14,17H,8-13H2,1-7H3. The van der Waals surface area contributed by atoms with Gasteiger partial charge in [-0.05, 0) is 70.1 Å². The van der Waals surface area contributed by atoms with E-state index in [1.54, 1.807) is 0 Å². The van der Waals surface area contributed by atoms with Crippen molar-refractivity contribution in [3.8, 4) is 0 Å². The van der Waals surface area contributed by atoms with E-state index in [0.717, 1.165) is 5.25 Å². The zero-order valence-corrected chi connectivity index (χ0v) is 16.5. The van der Waals surface area contributed by atoms with E-state index >= 15 is 0 Å². The summed E-state index contributed by atoms with van der Waals surface area (Å²) in [6, 6.07) is 1.27. The lowest BCUT2D eigenvalue weighted by atomic mass is 10.2. The van der Waals surface area contributed by atoms with Crippen molar-refractivity contribution in [3.63, 3.8) is 0 Å². The van der Waals surface area contributed by atoms with Gasteiger partial charge in [-0.25, -0.2) is 0 Å². The highest BCUT2D eigenvalue weighted by atomic mass is 32.2. The molecule has 2 nitrogen and oxygen atoms in total. The second-order valence-electron chi connectivity index (χ2n) is 8.27. The third-order valence-corrected chi connectivity index (χ3v) is 11.5. The molecule has 0 aromatic heterocycles. The van der Waals surface area contributed by atoms with Gasteiger partial charge in [0, 0.05) is 10.9 Å². The van der Waals surface area contributed by atoms with Gasteiger partial charge in [0.15, 0.2) is 8.32 Å². The number of thioether (sulfide) groups is 1. The van der Waals surface area contributed by atoms with Gasteiger partial charge in [-0.1, -0.05) is 20.8 Å². The van der Waals surface area contributed by atoms with Crippen LogP contribution >= 0.6 is 11.8 Å². The monoisotopic (exact) mass is 317 g/mol. The summed E-state index contributed by atoms with van der Waals surface area (Å²) in [6.07, 6.45) is 2.66. The Hall–Kier alpha value is 0.487. The average molecular weight is 318 g/mol. The largest absolute Gasteiger partial charge is 0.412 e. The molecule has 1 saturated heterocycles. The molecule has 120 valence electrons. The molecule has 0 aromatic rings. The van der Waals surface area contributed by atoms with Crippen LogP contribution in [0.15, 0.2) is 0 Å². The molecule has 1 fully saturated rings. The summed E-state index contributed by atoms with van der Waals surface area (Å²) in [6.45, 7) is 18.5. The number of piperidine rings is 1. The van der Waals surface area contributed by atoms with Crippen LogP contribution in [0.1, 0.15) is 54.4 Å². The van der Waals surface area contributed by atoms with Gasteiger partial charge in [-0.3, -0.25) is 0 Å². The Morgan fingerprint density at radius 3 is 2.10 bits per heavy atom. The number of nitrogens with one attached hydrogen (secondary N) is 1. The molecule has 0 amide bonds. The summed E-state index contributed by atoms with van der Waals surface area (Å²) in [5.74, 6) is 1.26. The van der Waals surface area contributed by atoms with Gasteiger partial charge in [0.1, 0.15) is 0 Å². The zero-order valence-electron chi connectivity index (χ0n) is 14.6. The predicted molar refractivity (Wildman–Crippen MR) is 95.3 cm³/mol. The van der Waals surface area contributed by atoms with Crippen LogP contribution < -0.4 is 5.32 Å². The normalized spacial score (nSPS) is 21.8. The molecule has 0 aliphatic carbocycles. The zero-order chi connectivity index (χ0) is 15.4. The molecule has 4 heteroatoms. The molecular weight excluding hydrogens is 282 g/mol. The molecule has 1 heterocycles. The minimum absolute atomic E-state index is 0.0202. The Labute approximate surface area is 131 Å². The summed E-state index contributed by atoms with van der Waals surface area (Å²) in [4.78, 5) is 0. The highest BCUT2D eigenvalue weighted by molar-refractivity contribution is 8.00. The van der Waals surface area contributed by atoms with E-state index in [2.05, 4.69) is 65.2 Å². The van der Waals surface area contributed by atoms with Crippen molar-refractivity contribution in [2.24, 2.45) is 0 Å². The van der Waals surface area contributed by atoms with Crippen LogP contribution in [-0.4, -0.2) is 38.0 Å². The molecule has 0 bridgehead atoms. The maximum absolute atomic E-state index is 6.59. The molecule has 1 aliphatic heterocycles. The van der Waals surface area contributed by atoms with Gasteiger partial charge >= 0.3 is 0 Å². The van der Waals surface area contributed by atoms with Crippen molar-refractivity contribution in [3.05, 3.63) is 0 Å². The maximum atomic E-state index is 6.59. The van der Waals surface area contributed by atoms with Crippen molar-refractivity contribution in [1.29, 1.82) is 0 Å². The molecule has 1 aliphatic rings. The fourth-order valence-corrected chi connectivity index (χ4v) is 8.08. The number of rotatable bonds is 5. The van der Waals surface area contributed by atoms with E-state index in [9.17, 15) is 0 Å². The van der Waals surface area contributed by atoms with Crippen molar-refractivity contribution in [1.82, 2.24) is 5.32 Å². The maximum Gasteiger partial charge on any atom is 0.196 e. The smallest absolute Gasteiger partial charge is 0.196 e. The lowest BCUT2D eigenvalue weighted by molar-refractivity contribution is 0.110. The van der Waals surface area contributed by atoms with E-state index < -0.39 is 8.32 Å². The second-order valence-corrected chi connectivity index (χ2v) is 14.3. The fourth-order valence-electron chi connectivity index (χ4n) is 2.64. The molecule has 1 rings (SSSR count). The quantitative estimate of drug-likeness (QED) is 0.745. The predicted octanol–water partition coefficient (Wildman–Crippen LogP) is 4.66. The second kappa shape index (κ2) is 7.17. The van der Waals surface area contributed by atoms with Crippen LogP contribution in [0.4, 0.5) is 0 Å².